The van der Waals surface area contributed by atoms with E-state index in [2.05, 4.69) is 43.7 Å². The predicted molar refractivity (Wildman–Crippen MR) is 158 cm³/mol. The molecule has 5 rings (SSSR count). The van der Waals surface area contributed by atoms with Gasteiger partial charge < -0.3 is 24.8 Å². The molecular formula is C29H37ClN5O2P. The van der Waals surface area contributed by atoms with Gasteiger partial charge in [-0.05, 0) is 106 Å². The van der Waals surface area contributed by atoms with Gasteiger partial charge in [-0.25, -0.2) is 4.98 Å². The fourth-order valence-corrected chi connectivity index (χ4v) is 6.92. The lowest BCUT2D eigenvalue weighted by Gasteiger charge is -2.25. The normalized spacial score (nSPS) is 18.2. The molecule has 3 aromatic rings. The third-order valence-electron chi connectivity index (χ3n) is 7.56. The average Bonchev–Trinajstić information content (AvgIpc) is 3.34. The van der Waals surface area contributed by atoms with Crippen LogP contribution in [-0.2, 0) is 28.8 Å². The van der Waals surface area contributed by atoms with Gasteiger partial charge in [0.2, 0.25) is 5.95 Å². The third kappa shape index (κ3) is 6.40. The summed E-state index contributed by atoms with van der Waals surface area (Å²) in [6, 6.07) is 13.1. The molecule has 0 unspecified atom stereocenters. The van der Waals surface area contributed by atoms with Gasteiger partial charge in [0.15, 0.2) is 5.82 Å². The number of anilines is 4. The van der Waals surface area contributed by atoms with Crippen LogP contribution in [0.15, 0.2) is 42.6 Å². The van der Waals surface area contributed by atoms with Gasteiger partial charge in [0.25, 0.3) is 0 Å². The summed E-state index contributed by atoms with van der Waals surface area (Å²) in [5.41, 5.74) is 5.49. The van der Waals surface area contributed by atoms with Crippen molar-refractivity contribution in [2.75, 3.05) is 44.2 Å². The van der Waals surface area contributed by atoms with E-state index >= 15 is 0 Å². The molecule has 38 heavy (non-hydrogen) atoms. The van der Waals surface area contributed by atoms with E-state index in [4.69, 9.17) is 16.3 Å². The van der Waals surface area contributed by atoms with E-state index in [0.717, 1.165) is 29.4 Å². The zero-order chi connectivity index (χ0) is 26.7. The molecule has 0 saturated carbocycles. The number of nitrogens with zero attached hydrogens (tertiary/aromatic N) is 3. The van der Waals surface area contributed by atoms with Crippen LogP contribution in [0, 0.1) is 0 Å². The van der Waals surface area contributed by atoms with Gasteiger partial charge in [0.05, 0.1) is 18.5 Å². The minimum Gasteiger partial charge on any atom is -0.380 e. The van der Waals surface area contributed by atoms with Gasteiger partial charge in [-0.15, -0.1) is 0 Å². The maximum Gasteiger partial charge on any atom is 0.229 e. The minimum absolute atomic E-state index is 0.388. The summed E-state index contributed by atoms with van der Waals surface area (Å²) in [4.78, 5) is 11.7. The number of ether oxygens (including phenoxy) is 1. The Labute approximate surface area is 230 Å². The molecule has 9 heteroatoms. The predicted octanol–water partition coefficient (Wildman–Crippen LogP) is 6.35. The highest BCUT2D eigenvalue weighted by molar-refractivity contribution is 7.70. The first-order chi connectivity index (χ1) is 18.3. The molecule has 2 N–H and O–H groups in total. The standard InChI is InChI=1S/C29H37ClN5O2P/c1-37-19-20-6-13-26(27(16-20)38(2,3)36)33-28-25(30)18-31-29(34-28)32-23-10-7-21-8-11-24(12-9-22(21)17-23)35-14-4-5-15-35/h6-7,10,13,16-18,24H,4-5,8-9,11-12,14-15,19H2,1-3H3,(H2,31,32,33,34)/t24-/m0/s1. The third-order valence-corrected chi connectivity index (χ3v) is 9.37. The van der Waals surface area contributed by atoms with Crippen molar-refractivity contribution in [3.63, 3.8) is 0 Å². The number of fused-ring (bicyclic) bond motifs is 1. The SMILES string of the molecule is COCc1ccc(Nc2nc(Nc3ccc4c(c3)CC[C@@H](N3CCCC3)CC4)ncc2Cl)c(P(C)(C)=O)c1. The lowest BCUT2D eigenvalue weighted by molar-refractivity contribution is 0.185. The molecule has 1 saturated heterocycles. The van der Waals surface area contributed by atoms with Gasteiger partial charge in [-0.1, -0.05) is 23.7 Å². The molecular weight excluding hydrogens is 517 g/mol. The van der Waals surface area contributed by atoms with E-state index in [1.54, 1.807) is 26.6 Å². The molecule has 0 amide bonds. The molecule has 1 atom stereocenters. The first-order valence-corrected chi connectivity index (χ1v) is 16.4. The Balaban J connectivity index is 1.33. The summed E-state index contributed by atoms with van der Waals surface area (Å²) < 4.78 is 18.3. The number of hydrogen-bond donors (Lipinski definition) is 2. The topological polar surface area (TPSA) is 79.4 Å². The first-order valence-electron chi connectivity index (χ1n) is 13.4. The van der Waals surface area contributed by atoms with Crippen molar-refractivity contribution >= 4 is 47.2 Å². The Bertz CT molecular complexity index is 1340. The second kappa shape index (κ2) is 11.7. The Kier molecular flexibility index (Phi) is 8.39. The molecule has 1 fully saturated rings. The van der Waals surface area contributed by atoms with E-state index in [1.807, 2.05) is 18.2 Å². The first kappa shape index (κ1) is 27.1. The number of likely N-dealkylation sites (tertiary alicyclic amines) is 1. The van der Waals surface area contributed by atoms with E-state index in [-0.39, 0.29) is 0 Å². The van der Waals surface area contributed by atoms with Crippen LogP contribution in [0.4, 0.5) is 23.1 Å². The van der Waals surface area contributed by atoms with Crippen LogP contribution in [0.5, 0.6) is 0 Å². The Morgan fingerprint density at radius 3 is 2.55 bits per heavy atom. The highest BCUT2D eigenvalue weighted by Crippen LogP contribution is 2.39. The van der Waals surface area contributed by atoms with Crippen molar-refractivity contribution in [1.82, 2.24) is 14.9 Å². The van der Waals surface area contributed by atoms with Crippen molar-refractivity contribution in [2.24, 2.45) is 0 Å². The van der Waals surface area contributed by atoms with Crippen LogP contribution < -0.4 is 15.9 Å². The molecule has 7 nitrogen and oxygen atoms in total. The number of hydrogen-bond acceptors (Lipinski definition) is 7. The Hall–Kier alpha value is -2.44. The molecule has 1 aliphatic carbocycles. The van der Waals surface area contributed by atoms with E-state index in [0.29, 0.717) is 35.1 Å². The smallest absolute Gasteiger partial charge is 0.229 e. The number of aromatic nitrogens is 2. The summed E-state index contributed by atoms with van der Waals surface area (Å²) in [6.45, 7) is 6.47. The van der Waals surface area contributed by atoms with Crippen LogP contribution in [0.1, 0.15) is 42.4 Å². The number of halogens is 1. The van der Waals surface area contributed by atoms with Gasteiger partial charge in [-0.2, -0.15) is 4.98 Å². The highest BCUT2D eigenvalue weighted by atomic mass is 35.5. The number of rotatable bonds is 8. The summed E-state index contributed by atoms with van der Waals surface area (Å²) in [6.07, 6.45) is 8.94. The van der Waals surface area contributed by atoms with Crippen molar-refractivity contribution < 1.29 is 9.30 Å². The number of benzene rings is 2. The molecule has 2 aromatic carbocycles. The molecule has 1 aliphatic heterocycles. The second-order valence-electron chi connectivity index (χ2n) is 10.7. The van der Waals surface area contributed by atoms with Crippen molar-refractivity contribution in [3.05, 3.63) is 64.3 Å². The summed E-state index contributed by atoms with van der Waals surface area (Å²) in [5, 5.41) is 7.77. The minimum atomic E-state index is -2.57. The number of methoxy groups -OCH3 is 1. The monoisotopic (exact) mass is 553 g/mol. The molecule has 0 radical (unpaired) electrons. The summed E-state index contributed by atoms with van der Waals surface area (Å²) in [5.74, 6) is 0.913. The number of aryl methyl sites for hydroxylation is 2. The molecule has 202 valence electrons. The van der Waals surface area contributed by atoms with Crippen LogP contribution in [-0.4, -0.2) is 54.4 Å². The van der Waals surface area contributed by atoms with Gasteiger partial charge in [0, 0.05) is 24.1 Å². The second-order valence-corrected chi connectivity index (χ2v) is 14.3. The van der Waals surface area contributed by atoms with Crippen LogP contribution in [0.2, 0.25) is 5.02 Å². The van der Waals surface area contributed by atoms with Gasteiger partial charge in [0.1, 0.15) is 12.2 Å². The van der Waals surface area contributed by atoms with E-state index in [9.17, 15) is 4.57 Å². The summed E-state index contributed by atoms with van der Waals surface area (Å²) in [7, 11) is -0.928. The lowest BCUT2D eigenvalue weighted by atomic mass is 10.0. The van der Waals surface area contributed by atoms with Crippen molar-refractivity contribution in [3.8, 4) is 0 Å². The van der Waals surface area contributed by atoms with Crippen LogP contribution in [0.25, 0.3) is 0 Å². The van der Waals surface area contributed by atoms with Crippen LogP contribution >= 0.6 is 18.7 Å². The fourth-order valence-electron chi connectivity index (χ4n) is 5.60. The van der Waals surface area contributed by atoms with Crippen LogP contribution in [0.3, 0.4) is 0 Å². The highest BCUT2D eigenvalue weighted by Gasteiger charge is 2.24. The average molecular weight is 554 g/mol. The maximum atomic E-state index is 13.1. The zero-order valence-electron chi connectivity index (χ0n) is 22.5. The Morgan fingerprint density at radius 2 is 1.82 bits per heavy atom. The molecule has 2 aliphatic rings. The molecule has 0 spiro atoms. The lowest BCUT2D eigenvalue weighted by Crippen LogP contribution is -2.32. The van der Waals surface area contributed by atoms with E-state index < -0.39 is 7.14 Å². The summed E-state index contributed by atoms with van der Waals surface area (Å²) >= 11 is 6.47. The molecule has 2 heterocycles. The molecule has 1 aromatic heterocycles. The Morgan fingerprint density at radius 1 is 1.05 bits per heavy atom. The molecule has 0 bridgehead atoms. The van der Waals surface area contributed by atoms with E-state index in [1.165, 1.54) is 49.9 Å². The largest absolute Gasteiger partial charge is 0.380 e. The van der Waals surface area contributed by atoms with Gasteiger partial charge in [-0.3, -0.25) is 0 Å². The maximum absolute atomic E-state index is 13.1. The van der Waals surface area contributed by atoms with Crippen molar-refractivity contribution in [1.29, 1.82) is 0 Å². The van der Waals surface area contributed by atoms with Crippen molar-refractivity contribution in [2.45, 2.75) is 51.2 Å². The zero-order valence-corrected chi connectivity index (χ0v) is 24.1. The quantitative estimate of drug-likeness (QED) is 0.248. The fraction of sp³-hybridized carbons (Fsp3) is 0.448. The van der Waals surface area contributed by atoms with Gasteiger partial charge >= 0.3 is 0 Å². The number of nitrogens with one attached hydrogen (secondary N) is 2.